The van der Waals surface area contributed by atoms with Crippen LogP contribution in [0.2, 0.25) is 0 Å². The Bertz CT molecular complexity index is 510. The normalized spacial score (nSPS) is 19.9. The number of fused-ring (bicyclic) bond motifs is 1. The van der Waals surface area contributed by atoms with Gasteiger partial charge in [0.1, 0.15) is 5.75 Å². The van der Waals surface area contributed by atoms with Crippen LogP contribution in [-0.2, 0) is 0 Å². The molecule has 4 nitrogen and oxygen atoms in total. The Hall–Kier alpha value is -1.78. The fourth-order valence-electron chi connectivity index (χ4n) is 2.61. The van der Waals surface area contributed by atoms with Gasteiger partial charge in [0.2, 0.25) is 0 Å². The van der Waals surface area contributed by atoms with E-state index in [1.165, 1.54) is 5.56 Å². The molecule has 0 aliphatic carbocycles. The van der Waals surface area contributed by atoms with Crippen molar-refractivity contribution in [3.05, 3.63) is 54.0 Å². The molecule has 0 amide bonds. The van der Waals surface area contributed by atoms with Crippen LogP contribution < -0.4 is 16.0 Å². The topological polar surface area (TPSA) is 60.4 Å². The number of para-hydroxylation sites is 1. The van der Waals surface area contributed by atoms with E-state index in [9.17, 15) is 0 Å². The fraction of sp³-hybridized carbons (Fsp3) is 0.286. The SMILES string of the molecule is NNC(c1ccoc1)C1CCOc2ccccc21. The van der Waals surface area contributed by atoms with Gasteiger partial charge in [0, 0.05) is 11.5 Å². The van der Waals surface area contributed by atoms with Crippen LogP contribution in [-0.4, -0.2) is 6.61 Å². The van der Waals surface area contributed by atoms with E-state index in [1.807, 2.05) is 24.3 Å². The summed E-state index contributed by atoms with van der Waals surface area (Å²) in [4.78, 5) is 0. The van der Waals surface area contributed by atoms with E-state index in [0.717, 1.165) is 24.3 Å². The van der Waals surface area contributed by atoms with Crippen molar-refractivity contribution in [3.8, 4) is 5.75 Å². The maximum atomic E-state index is 5.72. The molecular weight excluding hydrogens is 228 g/mol. The summed E-state index contributed by atoms with van der Waals surface area (Å²) in [5.41, 5.74) is 5.17. The third-order valence-electron chi connectivity index (χ3n) is 3.49. The molecule has 0 radical (unpaired) electrons. The molecule has 3 rings (SSSR count). The van der Waals surface area contributed by atoms with Gasteiger partial charge in [-0.3, -0.25) is 11.3 Å². The Morgan fingerprint density at radius 1 is 1.28 bits per heavy atom. The molecule has 1 aromatic heterocycles. The van der Waals surface area contributed by atoms with Crippen molar-refractivity contribution in [2.24, 2.45) is 5.84 Å². The van der Waals surface area contributed by atoms with Crippen LogP contribution in [0.15, 0.2) is 47.3 Å². The molecule has 4 heteroatoms. The molecule has 1 aliphatic heterocycles. The first-order valence-corrected chi connectivity index (χ1v) is 6.10. The molecule has 2 aromatic rings. The highest BCUT2D eigenvalue weighted by molar-refractivity contribution is 5.39. The summed E-state index contributed by atoms with van der Waals surface area (Å²) >= 11 is 0. The molecule has 94 valence electrons. The standard InChI is InChI=1S/C14H16N2O2/c15-16-14(10-5-7-17-9-10)12-6-8-18-13-4-2-1-3-11(12)13/h1-5,7,9,12,14,16H,6,8,15H2. The molecular formula is C14H16N2O2. The number of benzene rings is 1. The lowest BCUT2D eigenvalue weighted by Crippen LogP contribution is -2.34. The molecule has 2 heterocycles. The third-order valence-corrected chi connectivity index (χ3v) is 3.49. The van der Waals surface area contributed by atoms with Crippen molar-refractivity contribution >= 4 is 0 Å². The van der Waals surface area contributed by atoms with Crippen LogP contribution in [0.5, 0.6) is 5.75 Å². The predicted octanol–water partition coefficient (Wildman–Crippen LogP) is 2.35. The van der Waals surface area contributed by atoms with E-state index in [1.54, 1.807) is 12.5 Å². The summed E-state index contributed by atoms with van der Waals surface area (Å²) in [7, 11) is 0. The molecule has 18 heavy (non-hydrogen) atoms. The number of nitrogens with two attached hydrogens (primary N) is 1. The van der Waals surface area contributed by atoms with Gasteiger partial charge < -0.3 is 9.15 Å². The molecule has 0 saturated heterocycles. The maximum absolute atomic E-state index is 5.72. The summed E-state index contributed by atoms with van der Waals surface area (Å²) in [5, 5.41) is 0. The van der Waals surface area contributed by atoms with Gasteiger partial charge in [-0.25, -0.2) is 0 Å². The van der Waals surface area contributed by atoms with Crippen molar-refractivity contribution in [2.75, 3.05) is 6.61 Å². The number of hydrazine groups is 1. The quantitative estimate of drug-likeness (QED) is 0.642. The van der Waals surface area contributed by atoms with Crippen LogP contribution in [0.25, 0.3) is 0 Å². The Balaban J connectivity index is 1.97. The molecule has 1 aromatic carbocycles. The lowest BCUT2D eigenvalue weighted by molar-refractivity contribution is 0.246. The number of furan rings is 1. The minimum absolute atomic E-state index is 0.0498. The number of hydrogen-bond donors (Lipinski definition) is 2. The highest BCUT2D eigenvalue weighted by Gasteiger charge is 2.29. The molecule has 0 spiro atoms. The van der Waals surface area contributed by atoms with Crippen molar-refractivity contribution < 1.29 is 9.15 Å². The molecule has 1 aliphatic rings. The Kier molecular flexibility index (Phi) is 3.04. The van der Waals surface area contributed by atoms with Gasteiger partial charge in [-0.15, -0.1) is 0 Å². The van der Waals surface area contributed by atoms with Crippen molar-refractivity contribution in [1.82, 2.24) is 5.43 Å². The first-order valence-electron chi connectivity index (χ1n) is 6.10. The Labute approximate surface area is 106 Å². The fourth-order valence-corrected chi connectivity index (χ4v) is 2.61. The van der Waals surface area contributed by atoms with E-state index in [2.05, 4.69) is 11.5 Å². The van der Waals surface area contributed by atoms with Gasteiger partial charge in [0.15, 0.2) is 0 Å². The summed E-state index contributed by atoms with van der Waals surface area (Å²) < 4.78 is 10.8. The number of ether oxygens (including phenoxy) is 1. The van der Waals surface area contributed by atoms with E-state index in [-0.39, 0.29) is 6.04 Å². The lowest BCUT2D eigenvalue weighted by Gasteiger charge is -2.31. The molecule has 2 atom stereocenters. The highest BCUT2D eigenvalue weighted by atomic mass is 16.5. The van der Waals surface area contributed by atoms with E-state index in [0.29, 0.717) is 5.92 Å². The number of hydrogen-bond acceptors (Lipinski definition) is 4. The predicted molar refractivity (Wildman–Crippen MR) is 68.1 cm³/mol. The average molecular weight is 244 g/mol. The molecule has 0 saturated carbocycles. The first-order chi connectivity index (χ1) is 8.90. The van der Waals surface area contributed by atoms with Crippen molar-refractivity contribution in [3.63, 3.8) is 0 Å². The summed E-state index contributed by atoms with van der Waals surface area (Å²) in [5.74, 6) is 6.98. The molecule has 0 fully saturated rings. The van der Waals surface area contributed by atoms with Crippen molar-refractivity contribution in [2.45, 2.75) is 18.4 Å². The van der Waals surface area contributed by atoms with Gasteiger partial charge in [-0.05, 0) is 24.1 Å². The Morgan fingerprint density at radius 2 is 2.17 bits per heavy atom. The van der Waals surface area contributed by atoms with E-state index >= 15 is 0 Å². The van der Waals surface area contributed by atoms with E-state index < -0.39 is 0 Å². The van der Waals surface area contributed by atoms with Crippen LogP contribution in [0.1, 0.15) is 29.5 Å². The number of nitrogens with one attached hydrogen (secondary N) is 1. The summed E-state index contributed by atoms with van der Waals surface area (Å²) in [6.45, 7) is 0.720. The second kappa shape index (κ2) is 4.84. The first kappa shape index (κ1) is 11.3. The monoisotopic (exact) mass is 244 g/mol. The van der Waals surface area contributed by atoms with Gasteiger partial charge in [0.25, 0.3) is 0 Å². The molecule has 3 N–H and O–H groups in total. The lowest BCUT2D eigenvalue weighted by atomic mass is 9.84. The summed E-state index contributed by atoms with van der Waals surface area (Å²) in [6, 6.07) is 10.1. The Morgan fingerprint density at radius 3 is 2.94 bits per heavy atom. The second-order valence-electron chi connectivity index (χ2n) is 4.48. The summed E-state index contributed by atoms with van der Waals surface area (Å²) in [6.07, 6.45) is 4.35. The van der Waals surface area contributed by atoms with E-state index in [4.69, 9.17) is 15.0 Å². The maximum Gasteiger partial charge on any atom is 0.122 e. The largest absolute Gasteiger partial charge is 0.493 e. The zero-order chi connectivity index (χ0) is 12.4. The molecule has 2 unspecified atom stereocenters. The highest BCUT2D eigenvalue weighted by Crippen LogP contribution is 2.40. The minimum Gasteiger partial charge on any atom is -0.493 e. The molecule has 0 bridgehead atoms. The smallest absolute Gasteiger partial charge is 0.122 e. The zero-order valence-electron chi connectivity index (χ0n) is 10.0. The number of rotatable bonds is 3. The second-order valence-corrected chi connectivity index (χ2v) is 4.48. The van der Waals surface area contributed by atoms with Gasteiger partial charge in [-0.2, -0.15) is 0 Å². The van der Waals surface area contributed by atoms with Crippen molar-refractivity contribution in [1.29, 1.82) is 0 Å². The van der Waals surface area contributed by atoms with Crippen LogP contribution in [0.4, 0.5) is 0 Å². The van der Waals surface area contributed by atoms with Crippen LogP contribution in [0.3, 0.4) is 0 Å². The minimum atomic E-state index is 0.0498. The van der Waals surface area contributed by atoms with Gasteiger partial charge in [-0.1, -0.05) is 18.2 Å². The van der Waals surface area contributed by atoms with Crippen LogP contribution >= 0.6 is 0 Å². The van der Waals surface area contributed by atoms with Gasteiger partial charge >= 0.3 is 0 Å². The van der Waals surface area contributed by atoms with Gasteiger partial charge in [0.05, 0.1) is 25.2 Å². The zero-order valence-corrected chi connectivity index (χ0v) is 10.0. The third kappa shape index (κ3) is 1.89. The van der Waals surface area contributed by atoms with Crippen LogP contribution in [0, 0.1) is 0 Å². The average Bonchev–Trinajstić information content (AvgIpc) is 2.94.